The number of thioether (sulfide) groups is 1. The van der Waals surface area contributed by atoms with Gasteiger partial charge in [0.15, 0.2) is 0 Å². The number of anilines is 1. The summed E-state index contributed by atoms with van der Waals surface area (Å²) in [6.45, 7) is 2.67. The number of hydrogen-bond acceptors (Lipinski definition) is 7. The van der Waals surface area contributed by atoms with Crippen LogP contribution in [0, 0.1) is 0 Å². The van der Waals surface area contributed by atoms with Crippen molar-refractivity contribution in [1.82, 2.24) is 19.9 Å². The van der Waals surface area contributed by atoms with Crippen LogP contribution < -0.4 is 15.8 Å². The molecule has 0 saturated heterocycles. The van der Waals surface area contributed by atoms with E-state index in [-0.39, 0.29) is 18.0 Å². The van der Waals surface area contributed by atoms with E-state index in [2.05, 4.69) is 15.4 Å². The third kappa shape index (κ3) is 4.90. The number of rotatable bonds is 8. The molecule has 0 unspecified atom stereocenters. The fraction of sp³-hybridized carbons (Fsp3) is 0.368. The van der Waals surface area contributed by atoms with Gasteiger partial charge in [-0.2, -0.15) is 4.52 Å². The number of nitrogens with zero attached hydrogens (tertiary/aromatic N) is 4. The summed E-state index contributed by atoms with van der Waals surface area (Å²) in [4.78, 5) is 32.4. The second kappa shape index (κ2) is 9.20. The molecule has 1 N–H and O–H groups in total. The molecule has 0 bridgehead atoms. The predicted molar refractivity (Wildman–Crippen MR) is 114 cm³/mol. The molecular formula is C19H23N5O2S2. The van der Waals surface area contributed by atoms with Crippen LogP contribution in [0.3, 0.4) is 0 Å². The summed E-state index contributed by atoms with van der Waals surface area (Å²) in [5.41, 5.74) is 1.63. The molecule has 0 aliphatic heterocycles. The van der Waals surface area contributed by atoms with Crippen molar-refractivity contribution < 1.29 is 4.79 Å². The van der Waals surface area contributed by atoms with Gasteiger partial charge in [-0.15, -0.1) is 16.9 Å². The highest BCUT2D eigenvalue weighted by Crippen LogP contribution is 2.20. The van der Waals surface area contributed by atoms with Crippen molar-refractivity contribution in [3.8, 4) is 0 Å². The van der Waals surface area contributed by atoms with E-state index in [1.165, 1.54) is 26.8 Å². The Morgan fingerprint density at radius 2 is 2.07 bits per heavy atom. The first-order valence-electron chi connectivity index (χ1n) is 9.00. The van der Waals surface area contributed by atoms with Crippen molar-refractivity contribution >= 4 is 39.1 Å². The molecule has 0 atom stereocenters. The molecule has 148 valence electrons. The van der Waals surface area contributed by atoms with E-state index in [0.717, 1.165) is 24.1 Å². The second-order valence-corrected chi connectivity index (χ2v) is 8.21. The van der Waals surface area contributed by atoms with Crippen LogP contribution in [-0.4, -0.2) is 40.4 Å². The van der Waals surface area contributed by atoms with Crippen molar-refractivity contribution in [3.05, 3.63) is 51.9 Å². The number of carbonyl (C=O) groups excluding carboxylic acids is 1. The Morgan fingerprint density at radius 1 is 1.32 bits per heavy atom. The maximum atomic E-state index is 12.3. The lowest BCUT2D eigenvalue weighted by atomic mass is 10.2. The van der Waals surface area contributed by atoms with E-state index in [0.29, 0.717) is 16.6 Å². The van der Waals surface area contributed by atoms with Gasteiger partial charge in [0.2, 0.25) is 16.0 Å². The first kappa shape index (κ1) is 20.3. The van der Waals surface area contributed by atoms with E-state index in [9.17, 15) is 9.59 Å². The first-order valence-corrected chi connectivity index (χ1v) is 11.0. The Labute approximate surface area is 171 Å². The fourth-order valence-electron chi connectivity index (χ4n) is 2.67. The minimum atomic E-state index is -0.192. The lowest BCUT2D eigenvalue weighted by molar-refractivity contribution is -0.119. The molecule has 1 aromatic carbocycles. The van der Waals surface area contributed by atoms with Gasteiger partial charge in [-0.3, -0.25) is 9.59 Å². The van der Waals surface area contributed by atoms with Gasteiger partial charge in [-0.05, 0) is 30.4 Å². The van der Waals surface area contributed by atoms with Crippen LogP contribution in [0.1, 0.15) is 24.6 Å². The summed E-state index contributed by atoms with van der Waals surface area (Å²) >= 11 is 2.99. The summed E-state index contributed by atoms with van der Waals surface area (Å²) in [6, 6.07) is 9.62. The van der Waals surface area contributed by atoms with Crippen molar-refractivity contribution in [2.75, 3.05) is 24.7 Å². The van der Waals surface area contributed by atoms with E-state index in [1.807, 2.05) is 37.4 Å². The Balaban J connectivity index is 1.63. The Bertz CT molecular complexity index is 1010. The van der Waals surface area contributed by atoms with Gasteiger partial charge in [0.25, 0.3) is 5.56 Å². The van der Waals surface area contributed by atoms with Crippen molar-refractivity contribution in [2.24, 2.45) is 0 Å². The Kier molecular flexibility index (Phi) is 6.69. The normalized spacial score (nSPS) is 11.0. The van der Waals surface area contributed by atoms with Crippen molar-refractivity contribution in [3.63, 3.8) is 0 Å². The topological polar surface area (TPSA) is 79.6 Å². The molecule has 0 saturated carbocycles. The highest BCUT2D eigenvalue weighted by molar-refractivity contribution is 7.98. The van der Waals surface area contributed by atoms with Crippen LogP contribution in [0.25, 0.3) is 4.96 Å². The average molecular weight is 418 g/mol. The van der Waals surface area contributed by atoms with Gasteiger partial charge in [0.1, 0.15) is 0 Å². The van der Waals surface area contributed by atoms with Gasteiger partial charge >= 0.3 is 0 Å². The third-order valence-electron chi connectivity index (χ3n) is 4.15. The molecule has 0 fully saturated rings. The van der Waals surface area contributed by atoms with Gasteiger partial charge in [-0.25, -0.2) is 4.98 Å². The van der Waals surface area contributed by atoms with Crippen LogP contribution in [-0.2, 0) is 17.8 Å². The minimum absolute atomic E-state index is 0.109. The maximum Gasteiger partial charge on any atom is 0.275 e. The molecular weight excluding hydrogens is 394 g/mol. The molecule has 2 aromatic heterocycles. The molecule has 2 heterocycles. The second-order valence-electron chi connectivity index (χ2n) is 6.40. The molecule has 0 aliphatic carbocycles. The van der Waals surface area contributed by atoms with E-state index < -0.39 is 0 Å². The number of hydrogen-bond donors (Lipinski definition) is 1. The maximum absolute atomic E-state index is 12.3. The molecule has 9 heteroatoms. The molecule has 3 aromatic rings. The number of nitrogens with one attached hydrogen (secondary N) is 1. The summed E-state index contributed by atoms with van der Waals surface area (Å²) in [7, 11) is 1.78. The number of aromatic nitrogens is 3. The van der Waals surface area contributed by atoms with Crippen LogP contribution in [0.2, 0.25) is 0 Å². The van der Waals surface area contributed by atoms with E-state index >= 15 is 0 Å². The Morgan fingerprint density at radius 3 is 2.75 bits per heavy atom. The van der Waals surface area contributed by atoms with E-state index in [4.69, 9.17) is 0 Å². The van der Waals surface area contributed by atoms with Crippen molar-refractivity contribution in [1.29, 1.82) is 0 Å². The van der Waals surface area contributed by atoms with Gasteiger partial charge < -0.3 is 10.2 Å². The fourth-order valence-corrected chi connectivity index (χ4v) is 3.96. The van der Waals surface area contributed by atoms with E-state index in [1.54, 1.807) is 23.7 Å². The van der Waals surface area contributed by atoms with Crippen LogP contribution in [0.15, 0.2) is 40.0 Å². The SMILES string of the molecule is CCCc1cc(=O)n2nc(N(C)CC(=O)NCc3ccc(SC)cc3)sc2n1. The van der Waals surface area contributed by atoms with Crippen molar-refractivity contribution in [2.45, 2.75) is 31.2 Å². The molecule has 0 radical (unpaired) electrons. The lowest BCUT2D eigenvalue weighted by Gasteiger charge is -2.14. The van der Waals surface area contributed by atoms with Crippen LogP contribution in [0.4, 0.5) is 5.13 Å². The van der Waals surface area contributed by atoms with Crippen LogP contribution in [0.5, 0.6) is 0 Å². The Hall–Kier alpha value is -2.39. The number of carbonyl (C=O) groups is 1. The standard InChI is InChI=1S/C19H23N5O2S2/c1-4-5-14-10-17(26)24-18(21-14)28-19(22-24)23(2)12-16(25)20-11-13-6-8-15(27-3)9-7-13/h6-10H,4-5,11-12H2,1-3H3,(H,20,25). The molecule has 0 spiro atoms. The zero-order valence-electron chi connectivity index (χ0n) is 16.1. The van der Waals surface area contributed by atoms with Gasteiger partial charge in [0.05, 0.1) is 6.54 Å². The largest absolute Gasteiger partial charge is 0.350 e. The van der Waals surface area contributed by atoms with Crippen LogP contribution >= 0.6 is 23.1 Å². The number of amides is 1. The molecule has 1 amide bonds. The highest BCUT2D eigenvalue weighted by atomic mass is 32.2. The third-order valence-corrected chi connectivity index (χ3v) is 5.92. The number of aryl methyl sites for hydroxylation is 1. The average Bonchev–Trinajstić information content (AvgIpc) is 3.12. The quantitative estimate of drug-likeness (QED) is 0.568. The number of benzene rings is 1. The highest BCUT2D eigenvalue weighted by Gasteiger charge is 2.14. The number of fused-ring (bicyclic) bond motifs is 1. The smallest absolute Gasteiger partial charge is 0.275 e. The monoisotopic (exact) mass is 417 g/mol. The zero-order chi connectivity index (χ0) is 20.1. The molecule has 28 heavy (non-hydrogen) atoms. The summed E-state index contributed by atoms with van der Waals surface area (Å²) in [5, 5.41) is 7.80. The number of likely N-dealkylation sites (N-methyl/N-ethyl adjacent to an activating group) is 1. The minimum Gasteiger partial charge on any atom is -0.350 e. The summed E-state index contributed by atoms with van der Waals surface area (Å²) in [5.74, 6) is -0.109. The zero-order valence-corrected chi connectivity index (χ0v) is 17.8. The summed E-state index contributed by atoms with van der Waals surface area (Å²) < 4.78 is 1.29. The predicted octanol–water partition coefficient (Wildman–Crippen LogP) is 2.58. The molecule has 3 rings (SSSR count). The first-order chi connectivity index (χ1) is 13.5. The van der Waals surface area contributed by atoms with Gasteiger partial charge in [0, 0.05) is 30.2 Å². The molecule has 0 aliphatic rings. The lowest BCUT2D eigenvalue weighted by Crippen LogP contribution is -2.34. The summed E-state index contributed by atoms with van der Waals surface area (Å²) in [6.07, 6.45) is 3.71. The van der Waals surface area contributed by atoms with Gasteiger partial charge in [-0.1, -0.05) is 36.8 Å². The molecule has 7 nitrogen and oxygen atoms in total.